The third-order valence-electron chi connectivity index (χ3n) is 4.26. The second-order valence-corrected chi connectivity index (χ2v) is 8.01. The Kier molecular flexibility index (Phi) is 4.64. The lowest BCUT2D eigenvalue weighted by atomic mass is 10.0. The first-order chi connectivity index (χ1) is 11.9. The van der Waals surface area contributed by atoms with Crippen molar-refractivity contribution in [3.05, 3.63) is 83.9 Å². The minimum absolute atomic E-state index is 0.647. The molecule has 25 heavy (non-hydrogen) atoms. The molecule has 0 atom stereocenters. The molecular weight excluding hydrogens is 330 g/mol. The zero-order chi connectivity index (χ0) is 18.0. The average molecular weight is 351 g/mol. The van der Waals surface area contributed by atoms with Crippen LogP contribution in [0.2, 0.25) is 0 Å². The van der Waals surface area contributed by atoms with E-state index >= 15 is 0 Å². The highest BCUT2D eigenvalue weighted by Gasteiger charge is 2.23. The van der Waals surface area contributed by atoms with Gasteiger partial charge in [0.2, 0.25) is 10.0 Å². The van der Waals surface area contributed by atoms with E-state index in [-0.39, 0.29) is 0 Å². The van der Waals surface area contributed by atoms with E-state index in [9.17, 15) is 8.42 Å². The molecular formula is C21H21NO2S. The van der Waals surface area contributed by atoms with Gasteiger partial charge in [0, 0.05) is 5.56 Å². The molecule has 0 saturated carbocycles. The van der Waals surface area contributed by atoms with Crippen molar-refractivity contribution in [1.82, 2.24) is 0 Å². The number of anilines is 2. The van der Waals surface area contributed by atoms with Crippen LogP contribution in [-0.2, 0) is 10.0 Å². The van der Waals surface area contributed by atoms with Crippen LogP contribution in [0, 0.1) is 13.8 Å². The van der Waals surface area contributed by atoms with Gasteiger partial charge in [-0.25, -0.2) is 12.7 Å². The minimum atomic E-state index is -3.50. The summed E-state index contributed by atoms with van der Waals surface area (Å²) < 4.78 is 26.7. The fraction of sp³-hybridized carbons (Fsp3) is 0.143. The second kappa shape index (κ2) is 6.73. The Bertz CT molecular complexity index is 995. The van der Waals surface area contributed by atoms with Crippen LogP contribution in [0.4, 0.5) is 11.4 Å². The van der Waals surface area contributed by atoms with Gasteiger partial charge in [-0.1, -0.05) is 54.6 Å². The number of hydrogen-bond acceptors (Lipinski definition) is 2. The molecule has 4 heteroatoms. The molecule has 0 radical (unpaired) electrons. The van der Waals surface area contributed by atoms with E-state index in [2.05, 4.69) is 0 Å². The topological polar surface area (TPSA) is 37.4 Å². The summed E-state index contributed by atoms with van der Waals surface area (Å²) in [7, 11) is -3.50. The lowest BCUT2D eigenvalue weighted by Gasteiger charge is -2.25. The molecule has 0 unspecified atom stereocenters. The molecule has 128 valence electrons. The quantitative estimate of drug-likeness (QED) is 0.658. The van der Waals surface area contributed by atoms with Gasteiger partial charge < -0.3 is 0 Å². The van der Waals surface area contributed by atoms with Gasteiger partial charge in [0.25, 0.3) is 0 Å². The van der Waals surface area contributed by atoms with E-state index in [1.807, 2.05) is 86.6 Å². The molecule has 3 aromatic carbocycles. The van der Waals surface area contributed by atoms with Gasteiger partial charge in [-0.05, 0) is 48.7 Å². The molecule has 3 aromatic rings. The highest BCUT2D eigenvalue weighted by molar-refractivity contribution is 7.92. The molecule has 0 amide bonds. The second-order valence-electron chi connectivity index (χ2n) is 6.18. The molecule has 0 aliphatic rings. The third kappa shape index (κ3) is 3.59. The van der Waals surface area contributed by atoms with Crippen LogP contribution in [0.25, 0.3) is 11.1 Å². The fourth-order valence-corrected chi connectivity index (χ4v) is 3.89. The summed E-state index contributed by atoms with van der Waals surface area (Å²) in [6, 6.07) is 23.1. The first-order valence-corrected chi connectivity index (χ1v) is 9.95. The SMILES string of the molecule is Cc1ccc(N(c2ccccc2-c2ccccc2)S(C)(=O)=O)cc1C. The van der Waals surface area contributed by atoms with E-state index in [1.165, 1.54) is 10.6 Å². The Morgan fingerprint density at radius 1 is 0.760 bits per heavy atom. The normalized spacial score (nSPS) is 11.3. The van der Waals surface area contributed by atoms with Crippen LogP contribution < -0.4 is 4.31 Å². The summed E-state index contributed by atoms with van der Waals surface area (Å²) in [5.41, 5.74) is 5.35. The largest absolute Gasteiger partial charge is 0.238 e. The molecule has 0 aliphatic heterocycles. The Morgan fingerprint density at radius 3 is 2.04 bits per heavy atom. The predicted octanol–water partition coefficient (Wildman–Crippen LogP) is 5.07. The van der Waals surface area contributed by atoms with E-state index in [1.54, 1.807) is 0 Å². The fourth-order valence-electron chi connectivity index (χ4n) is 2.87. The summed E-state index contributed by atoms with van der Waals surface area (Å²) in [6.45, 7) is 4.00. The molecule has 0 fully saturated rings. The highest BCUT2D eigenvalue weighted by atomic mass is 32.2. The van der Waals surface area contributed by atoms with Crippen molar-refractivity contribution in [1.29, 1.82) is 0 Å². The average Bonchev–Trinajstić information content (AvgIpc) is 2.58. The first kappa shape index (κ1) is 17.2. The zero-order valence-electron chi connectivity index (χ0n) is 14.6. The third-order valence-corrected chi connectivity index (χ3v) is 5.34. The standard InChI is InChI=1S/C21H21NO2S/c1-16-13-14-19(15-17(16)2)22(25(3,23)24)21-12-8-7-11-20(21)18-9-5-4-6-10-18/h4-15H,1-3H3. The van der Waals surface area contributed by atoms with E-state index < -0.39 is 10.0 Å². The smallest absolute Gasteiger partial charge is 0.236 e. The van der Waals surface area contributed by atoms with Crippen LogP contribution in [0.1, 0.15) is 11.1 Å². The van der Waals surface area contributed by atoms with Crippen LogP contribution in [0.3, 0.4) is 0 Å². The number of benzene rings is 3. The van der Waals surface area contributed by atoms with Crippen LogP contribution >= 0.6 is 0 Å². The number of aryl methyl sites for hydroxylation is 2. The lowest BCUT2D eigenvalue weighted by molar-refractivity contribution is 0.602. The molecule has 0 saturated heterocycles. The lowest BCUT2D eigenvalue weighted by Crippen LogP contribution is -2.25. The maximum atomic E-state index is 12.6. The van der Waals surface area contributed by atoms with Crippen LogP contribution in [-0.4, -0.2) is 14.7 Å². The van der Waals surface area contributed by atoms with Crippen molar-refractivity contribution in [2.75, 3.05) is 10.6 Å². The number of para-hydroxylation sites is 1. The number of rotatable bonds is 4. The highest BCUT2D eigenvalue weighted by Crippen LogP contribution is 2.37. The summed E-state index contributed by atoms with van der Waals surface area (Å²) in [5, 5.41) is 0. The molecule has 0 spiro atoms. The van der Waals surface area contributed by atoms with Crippen molar-refractivity contribution in [3.63, 3.8) is 0 Å². The van der Waals surface area contributed by atoms with Gasteiger partial charge in [0.1, 0.15) is 0 Å². The molecule has 0 bridgehead atoms. The van der Waals surface area contributed by atoms with Gasteiger partial charge in [-0.15, -0.1) is 0 Å². The van der Waals surface area contributed by atoms with E-state index in [0.29, 0.717) is 11.4 Å². The molecule has 0 aliphatic carbocycles. The Balaban J connectivity index is 2.24. The van der Waals surface area contributed by atoms with Gasteiger partial charge in [0.15, 0.2) is 0 Å². The molecule has 3 rings (SSSR count). The van der Waals surface area contributed by atoms with Gasteiger partial charge >= 0.3 is 0 Å². The van der Waals surface area contributed by atoms with E-state index in [4.69, 9.17) is 0 Å². The maximum Gasteiger partial charge on any atom is 0.236 e. The Hall–Kier alpha value is -2.59. The van der Waals surface area contributed by atoms with Crippen molar-refractivity contribution in [3.8, 4) is 11.1 Å². The number of sulfonamides is 1. The van der Waals surface area contributed by atoms with Crippen molar-refractivity contribution >= 4 is 21.4 Å². The summed E-state index contributed by atoms with van der Waals surface area (Å²) >= 11 is 0. The van der Waals surface area contributed by atoms with E-state index in [0.717, 1.165) is 22.3 Å². The molecule has 0 heterocycles. The molecule has 0 N–H and O–H groups in total. The predicted molar refractivity (Wildman–Crippen MR) is 105 cm³/mol. The van der Waals surface area contributed by atoms with Crippen LogP contribution in [0.15, 0.2) is 72.8 Å². The summed E-state index contributed by atoms with van der Waals surface area (Å²) in [4.78, 5) is 0. The minimum Gasteiger partial charge on any atom is -0.238 e. The summed E-state index contributed by atoms with van der Waals surface area (Å²) in [6.07, 6.45) is 1.24. The zero-order valence-corrected chi connectivity index (χ0v) is 15.4. The van der Waals surface area contributed by atoms with Crippen molar-refractivity contribution in [2.45, 2.75) is 13.8 Å². The Morgan fingerprint density at radius 2 is 1.40 bits per heavy atom. The first-order valence-electron chi connectivity index (χ1n) is 8.10. The van der Waals surface area contributed by atoms with Gasteiger partial charge in [0.05, 0.1) is 17.6 Å². The Labute approximate surface area is 149 Å². The van der Waals surface area contributed by atoms with Crippen LogP contribution in [0.5, 0.6) is 0 Å². The molecule has 3 nitrogen and oxygen atoms in total. The number of hydrogen-bond donors (Lipinski definition) is 0. The van der Waals surface area contributed by atoms with Crippen molar-refractivity contribution < 1.29 is 8.42 Å². The molecule has 0 aromatic heterocycles. The monoisotopic (exact) mass is 351 g/mol. The van der Waals surface area contributed by atoms with Gasteiger partial charge in [-0.2, -0.15) is 0 Å². The number of nitrogens with zero attached hydrogens (tertiary/aromatic N) is 1. The summed E-state index contributed by atoms with van der Waals surface area (Å²) in [5.74, 6) is 0. The van der Waals surface area contributed by atoms with Gasteiger partial charge in [-0.3, -0.25) is 0 Å². The maximum absolute atomic E-state index is 12.6. The van der Waals surface area contributed by atoms with Crippen molar-refractivity contribution in [2.24, 2.45) is 0 Å².